The molecule has 7 nitrogen and oxygen atoms in total. The van der Waals surface area contributed by atoms with E-state index in [2.05, 4.69) is 0 Å². The number of hydrogen-bond acceptors (Lipinski definition) is 6. The van der Waals surface area contributed by atoms with Crippen molar-refractivity contribution in [1.29, 1.82) is 0 Å². The number of carbonyl (C=O) groups excluding carboxylic acids is 3. The monoisotopic (exact) mass is 467 g/mol. The summed E-state index contributed by atoms with van der Waals surface area (Å²) < 4.78 is 45.6. The van der Waals surface area contributed by atoms with Crippen LogP contribution in [0.5, 0.6) is 0 Å². The molecule has 1 aliphatic heterocycles. The highest BCUT2D eigenvalue weighted by molar-refractivity contribution is 5.98. The fourth-order valence-electron chi connectivity index (χ4n) is 3.90. The number of rotatable bonds is 4. The molecule has 0 radical (unpaired) electrons. The first-order chi connectivity index (χ1) is 15.1. The minimum absolute atomic E-state index is 0.137. The van der Waals surface area contributed by atoms with Gasteiger partial charge in [0.05, 0.1) is 29.9 Å². The number of amides is 1. The molecular formula is C24H31F2NO6. The van der Waals surface area contributed by atoms with Gasteiger partial charge < -0.3 is 19.1 Å². The van der Waals surface area contributed by atoms with E-state index in [0.717, 1.165) is 12.1 Å². The summed E-state index contributed by atoms with van der Waals surface area (Å²) in [7, 11) is 0. The van der Waals surface area contributed by atoms with E-state index in [1.54, 1.807) is 41.5 Å². The van der Waals surface area contributed by atoms with E-state index in [-0.39, 0.29) is 31.1 Å². The summed E-state index contributed by atoms with van der Waals surface area (Å²) in [4.78, 5) is 38.8. The Kier molecular flexibility index (Phi) is 6.59. The molecule has 1 aliphatic carbocycles. The molecule has 2 aliphatic rings. The van der Waals surface area contributed by atoms with Crippen LogP contribution in [0, 0.1) is 17.6 Å². The Morgan fingerprint density at radius 3 is 2.18 bits per heavy atom. The summed E-state index contributed by atoms with van der Waals surface area (Å²) in [5.74, 6) is -4.11. The van der Waals surface area contributed by atoms with Crippen LogP contribution in [0.25, 0.3) is 0 Å². The lowest BCUT2D eigenvalue weighted by molar-refractivity contribution is -0.0621. The van der Waals surface area contributed by atoms with Gasteiger partial charge in [0.25, 0.3) is 0 Å². The van der Waals surface area contributed by atoms with Crippen LogP contribution in [-0.2, 0) is 14.2 Å². The van der Waals surface area contributed by atoms with Crippen LogP contribution < -0.4 is 0 Å². The second kappa shape index (κ2) is 8.66. The number of halogens is 2. The van der Waals surface area contributed by atoms with Gasteiger partial charge in [0.1, 0.15) is 22.8 Å². The third-order valence-electron chi connectivity index (χ3n) is 5.42. The molecule has 1 amide bonds. The maximum absolute atomic E-state index is 14.6. The van der Waals surface area contributed by atoms with E-state index in [9.17, 15) is 23.2 Å². The Morgan fingerprint density at radius 1 is 1.06 bits per heavy atom. The Balaban J connectivity index is 1.67. The zero-order valence-electron chi connectivity index (χ0n) is 19.9. The van der Waals surface area contributed by atoms with Crippen molar-refractivity contribution in [2.24, 2.45) is 5.92 Å². The maximum Gasteiger partial charge on any atom is 0.410 e. The number of ketones is 1. The Hall–Kier alpha value is -2.55. The lowest BCUT2D eigenvalue weighted by Crippen LogP contribution is -2.49. The largest absolute Gasteiger partial charge is 0.456 e. The van der Waals surface area contributed by atoms with E-state index in [0.29, 0.717) is 13.0 Å². The number of Topliss-reactive ketones (excluding diaryl/α,β-unsaturated/α-hetero) is 1. The summed E-state index contributed by atoms with van der Waals surface area (Å²) in [5.41, 5.74) is -3.17. The molecular weight excluding hydrogens is 436 g/mol. The average molecular weight is 468 g/mol. The van der Waals surface area contributed by atoms with Crippen molar-refractivity contribution in [2.45, 2.75) is 71.2 Å². The smallest absolute Gasteiger partial charge is 0.410 e. The topological polar surface area (TPSA) is 82.1 Å². The first kappa shape index (κ1) is 25.1. The third-order valence-corrected chi connectivity index (χ3v) is 5.42. The van der Waals surface area contributed by atoms with Gasteiger partial charge in [-0.2, -0.15) is 0 Å². The quantitative estimate of drug-likeness (QED) is 0.478. The molecule has 33 heavy (non-hydrogen) atoms. The standard InChI is InChI=1S/C24H31F2NO6/c1-22(2,3)32-20(29)14-9-16(25)19(17(26)10-14)18(28)11-15-12-24(15)13-27(7-8-31-24)21(30)33-23(4,5)6/h9-10,15H,7-8,11-13H2,1-6H3/t15?,24-/m0/s1. The van der Waals surface area contributed by atoms with E-state index in [1.165, 1.54) is 4.90 Å². The molecule has 1 saturated heterocycles. The Morgan fingerprint density at radius 2 is 1.64 bits per heavy atom. The third kappa shape index (κ3) is 6.07. The van der Waals surface area contributed by atoms with Crippen molar-refractivity contribution in [2.75, 3.05) is 19.7 Å². The summed E-state index contributed by atoms with van der Waals surface area (Å²) in [6.07, 6.45) is -0.101. The normalized spacial score (nSPS) is 22.8. The molecule has 3 rings (SSSR count). The van der Waals surface area contributed by atoms with Crippen LogP contribution in [0.2, 0.25) is 0 Å². The molecule has 1 aromatic rings. The van der Waals surface area contributed by atoms with Crippen LogP contribution >= 0.6 is 0 Å². The van der Waals surface area contributed by atoms with Gasteiger partial charge in [-0.15, -0.1) is 0 Å². The molecule has 1 saturated carbocycles. The summed E-state index contributed by atoms with van der Waals surface area (Å²) >= 11 is 0. The van der Waals surface area contributed by atoms with E-state index < -0.39 is 51.8 Å². The molecule has 9 heteroatoms. The zero-order chi connectivity index (χ0) is 24.8. The van der Waals surface area contributed by atoms with Gasteiger partial charge in [-0.05, 0) is 66.0 Å². The van der Waals surface area contributed by atoms with Crippen molar-refractivity contribution >= 4 is 17.8 Å². The Bertz CT molecular complexity index is 942. The number of carbonyl (C=O) groups is 3. The van der Waals surface area contributed by atoms with Gasteiger partial charge in [0, 0.05) is 13.0 Å². The highest BCUT2D eigenvalue weighted by Crippen LogP contribution is 2.51. The van der Waals surface area contributed by atoms with Crippen molar-refractivity contribution in [3.63, 3.8) is 0 Å². The van der Waals surface area contributed by atoms with Crippen LogP contribution in [0.1, 0.15) is 75.1 Å². The molecule has 1 heterocycles. The predicted molar refractivity (Wildman–Crippen MR) is 115 cm³/mol. The number of morpholine rings is 1. The van der Waals surface area contributed by atoms with Crippen LogP contribution in [-0.4, -0.2) is 59.2 Å². The first-order valence-corrected chi connectivity index (χ1v) is 11.0. The number of ether oxygens (including phenoxy) is 3. The molecule has 2 fully saturated rings. The van der Waals surface area contributed by atoms with Crippen molar-refractivity contribution in [3.8, 4) is 0 Å². The SMILES string of the molecule is CC(C)(C)OC(=O)c1cc(F)c(C(=O)CC2C[C@]23CN(C(=O)OC(C)(C)C)CCO3)c(F)c1. The Labute approximate surface area is 192 Å². The molecule has 0 N–H and O–H groups in total. The second-order valence-corrected chi connectivity index (χ2v) is 10.7. The first-order valence-electron chi connectivity index (χ1n) is 11.0. The van der Waals surface area contributed by atoms with E-state index >= 15 is 0 Å². The minimum Gasteiger partial charge on any atom is -0.456 e. The highest BCUT2D eigenvalue weighted by atomic mass is 19.1. The van der Waals surface area contributed by atoms with Crippen LogP contribution in [0.4, 0.5) is 13.6 Å². The lowest BCUT2D eigenvalue weighted by atomic mass is 10.0. The van der Waals surface area contributed by atoms with Gasteiger partial charge in [-0.3, -0.25) is 4.79 Å². The predicted octanol–water partition coefficient (Wildman–Crippen LogP) is 4.52. The average Bonchev–Trinajstić information content (AvgIpc) is 3.28. The summed E-state index contributed by atoms with van der Waals surface area (Å²) in [6.45, 7) is 11.1. The molecule has 1 aromatic carbocycles. The molecule has 1 spiro atoms. The van der Waals surface area contributed by atoms with Gasteiger partial charge in [-0.25, -0.2) is 18.4 Å². The second-order valence-electron chi connectivity index (χ2n) is 10.7. The zero-order valence-corrected chi connectivity index (χ0v) is 19.9. The van der Waals surface area contributed by atoms with Gasteiger partial charge in [-0.1, -0.05) is 0 Å². The molecule has 0 bridgehead atoms. The maximum atomic E-state index is 14.6. The molecule has 0 aromatic heterocycles. The summed E-state index contributed by atoms with van der Waals surface area (Å²) in [6, 6.07) is 1.63. The number of nitrogens with zero attached hydrogens (tertiary/aromatic N) is 1. The molecule has 1 unspecified atom stereocenters. The fourth-order valence-corrected chi connectivity index (χ4v) is 3.90. The van der Waals surface area contributed by atoms with Gasteiger partial charge in [0.15, 0.2) is 5.78 Å². The van der Waals surface area contributed by atoms with Crippen LogP contribution in [0.15, 0.2) is 12.1 Å². The van der Waals surface area contributed by atoms with Crippen LogP contribution in [0.3, 0.4) is 0 Å². The minimum atomic E-state index is -1.12. The lowest BCUT2D eigenvalue weighted by Gasteiger charge is -2.35. The van der Waals surface area contributed by atoms with Crippen molar-refractivity contribution in [3.05, 3.63) is 34.9 Å². The van der Waals surface area contributed by atoms with Gasteiger partial charge >= 0.3 is 12.1 Å². The fraction of sp³-hybridized carbons (Fsp3) is 0.625. The highest BCUT2D eigenvalue weighted by Gasteiger charge is 2.59. The van der Waals surface area contributed by atoms with Crippen molar-refractivity contribution in [1.82, 2.24) is 4.90 Å². The molecule has 182 valence electrons. The number of hydrogen-bond donors (Lipinski definition) is 0. The van der Waals surface area contributed by atoms with Gasteiger partial charge in [0.2, 0.25) is 0 Å². The van der Waals surface area contributed by atoms with Crippen molar-refractivity contribution < 1.29 is 37.4 Å². The number of esters is 1. The summed E-state index contributed by atoms with van der Waals surface area (Å²) in [5, 5.41) is 0. The van der Waals surface area contributed by atoms with E-state index in [4.69, 9.17) is 14.2 Å². The number of benzene rings is 1. The van der Waals surface area contributed by atoms with E-state index in [1.807, 2.05) is 0 Å². The molecule has 2 atom stereocenters.